The number of fused-ring (bicyclic) bond motifs is 5. The Labute approximate surface area is 190 Å². The monoisotopic (exact) mass is 443 g/mol. The van der Waals surface area contributed by atoms with Gasteiger partial charge in [0.1, 0.15) is 6.10 Å². The molecule has 31 heavy (non-hydrogen) atoms. The van der Waals surface area contributed by atoms with E-state index in [0.29, 0.717) is 23.4 Å². The summed E-state index contributed by atoms with van der Waals surface area (Å²) >= 11 is 1.77. The third-order valence-corrected chi connectivity index (χ3v) is 10.5. The Balaban J connectivity index is 1.37. The number of rotatable bonds is 4. The lowest BCUT2D eigenvalue weighted by Gasteiger charge is -2.58. The minimum Gasteiger partial charge on any atom is -0.483 e. The summed E-state index contributed by atoms with van der Waals surface area (Å²) in [6, 6.07) is 0. The zero-order chi connectivity index (χ0) is 21.8. The van der Waals surface area contributed by atoms with Gasteiger partial charge in [0.25, 0.3) is 0 Å². The van der Waals surface area contributed by atoms with Crippen LogP contribution < -0.4 is 4.74 Å². The van der Waals surface area contributed by atoms with E-state index in [9.17, 15) is 4.79 Å². The Morgan fingerprint density at radius 1 is 1.19 bits per heavy atom. The van der Waals surface area contributed by atoms with Crippen LogP contribution >= 0.6 is 11.3 Å². The second kappa shape index (κ2) is 7.90. The van der Waals surface area contributed by atoms with Gasteiger partial charge in [-0.1, -0.05) is 36.8 Å². The van der Waals surface area contributed by atoms with Crippen LogP contribution in [0.5, 0.6) is 5.06 Å². The molecule has 0 aliphatic heterocycles. The van der Waals surface area contributed by atoms with Crippen LogP contribution in [0.4, 0.5) is 0 Å². The summed E-state index contributed by atoms with van der Waals surface area (Å²) in [6.07, 6.45) is 14.1. The lowest BCUT2D eigenvalue weighted by Crippen LogP contribution is -2.50. The van der Waals surface area contributed by atoms with Gasteiger partial charge in [0.05, 0.1) is 17.8 Å². The molecule has 4 aliphatic carbocycles. The molecular weight excluding hydrogens is 406 g/mol. The third-order valence-electron chi connectivity index (χ3n) is 9.48. The predicted molar refractivity (Wildman–Crippen MR) is 123 cm³/mol. The number of thiazole rings is 1. The number of nitrogens with zero attached hydrogens (tertiary/aromatic N) is 1. The van der Waals surface area contributed by atoms with Crippen molar-refractivity contribution in [2.75, 3.05) is 6.61 Å². The molecule has 1 aromatic rings. The number of ether oxygens (including phenoxy) is 2. The molecule has 3 fully saturated rings. The van der Waals surface area contributed by atoms with Crippen LogP contribution in [0.2, 0.25) is 0 Å². The van der Waals surface area contributed by atoms with E-state index in [0.717, 1.165) is 42.1 Å². The van der Waals surface area contributed by atoms with Crippen LogP contribution in [0.15, 0.2) is 17.8 Å². The summed E-state index contributed by atoms with van der Waals surface area (Å²) < 4.78 is 11.3. The van der Waals surface area contributed by atoms with Gasteiger partial charge in [0, 0.05) is 19.3 Å². The summed E-state index contributed by atoms with van der Waals surface area (Å²) in [5.41, 5.74) is 2.23. The van der Waals surface area contributed by atoms with E-state index in [-0.39, 0.29) is 12.1 Å². The molecule has 5 rings (SSSR count). The second-order valence-corrected chi connectivity index (χ2v) is 11.9. The molecule has 0 bridgehead atoms. The van der Waals surface area contributed by atoms with E-state index in [2.05, 4.69) is 19.9 Å². The lowest BCUT2D eigenvalue weighted by atomic mass is 9.47. The largest absolute Gasteiger partial charge is 0.483 e. The normalized spacial score (nSPS) is 41.5. The van der Waals surface area contributed by atoms with Crippen LogP contribution in [0, 0.1) is 28.6 Å². The molecule has 4 aliphatic rings. The fraction of sp³-hybridized carbons (Fsp3) is 0.769. The average molecular weight is 444 g/mol. The third kappa shape index (κ3) is 3.46. The smallest absolute Gasteiger partial charge is 0.302 e. The summed E-state index contributed by atoms with van der Waals surface area (Å²) in [4.78, 5) is 16.3. The predicted octanol–water partition coefficient (Wildman–Crippen LogP) is 6.52. The minimum atomic E-state index is -0.136. The highest BCUT2D eigenvalue weighted by molar-refractivity contribution is 7.13. The van der Waals surface area contributed by atoms with Gasteiger partial charge in [-0.05, 0) is 80.5 Å². The topological polar surface area (TPSA) is 48.4 Å². The van der Waals surface area contributed by atoms with E-state index < -0.39 is 0 Å². The van der Waals surface area contributed by atoms with Gasteiger partial charge < -0.3 is 9.47 Å². The van der Waals surface area contributed by atoms with Gasteiger partial charge in [0.15, 0.2) is 5.06 Å². The van der Waals surface area contributed by atoms with Gasteiger partial charge in [0.2, 0.25) is 0 Å². The van der Waals surface area contributed by atoms with Crippen LogP contribution in [0.3, 0.4) is 0 Å². The highest BCUT2D eigenvalue weighted by atomic mass is 32.1. The zero-order valence-corrected chi connectivity index (χ0v) is 20.3. The SMILES string of the molecule is CCOc1cnc(C2CC[C@H]3[C@@H]4CC=C5CC(OC(C)=O)CC[C@]5(C)[C@H]4CC[C@]23C)s1. The van der Waals surface area contributed by atoms with Crippen LogP contribution in [-0.2, 0) is 9.53 Å². The van der Waals surface area contributed by atoms with Gasteiger partial charge >= 0.3 is 5.97 Å². The molecule has 3 saturated carbocycles. The summed E-state index contributed by atoms with van der Waals surface area (Å²) in [7, 11) is 0. The summed E-state index contributed by atoms with van der Waals surface area (Å²) in [5.74, 6) is 2.79. The zero-order valence-electron chi connectivity index (χ0n) is 19.5. The number of allylic oxidation sites excluding steroid dienone is 1. The Hall–Kier alpha value is -1.36. The van der Waals surface area contributed by atoms with Gasteiger partial charge in [-0.2, -0.15) is 0 Å². The van der Waals surface area contributed by atoms with Crippen molar-refractivity contribution in [1.29, 1.82) is 0 Å². The molecule has 0 spiro atoms. The molecule has 5 heteroatoms. The average Bonchev–Trinajstić information content (AvgIpc) is 3.31. The van der Waals surface area contributed by atoms with Crippen LogP contribution in [-0.4, -0.2) is 23.7 Å². The van der Waals surface area contributed by atoms with E-state index in [4.69, 9.17) is 14.5 Å². The molecule has 0 amide bonds. The van der Waals surface area contributed by atoms with Crippen molar-refractivity contribution < 1.29 is 14.3 Å². The second-order valence-electron chi connectivity index (χ2n) is 10.9. The van der Waals surface area contributed by atoms with Crippen molar-refractivity contribution >= 4 is 17.3 Å². The van der Waals surface area contributed by atoms with Crippen molar-refractivity contribution in [2.24, 2.45) is 28.6 Å². The number of hydrogen-bond donors (Lipinski definition) is 0. The number of carbonyl (C=O) groups is 1. The standard InChI is InChI=1S/C26H37NO3S/c1-5-29-23-15-27-24(31-23)22-9-8-20-19-7-6-17-14-18(30-16(2)28)10-12-25(17,3)21(19)11-13-26(20,22)4/h6,15,18-22H,5,7-14H2,1-4H3/t18?,19-,20-,21-,22?,25-,26-/m0/s1. The molecule has 0 saturated heterocycles. The van der Waals surface area contributed by atoms with Crippen molar-refractivity contribution in [1.82, 2.24) is 4.98 Å². The Kier molecular flexibility index (Phi) is 5.47. The van der Waals surface area contributed by atoms with E-state index in [1.54, 1.807) is 16.9 Å². The first-order chi connectivity index (χ1) is 14.8. The maximum atomic E-state index is 11.5. The molecule has 1 heterocycles. The molecule has 0 radical (unpaired) electrons. The molecule has 1 aromatic heterocycles. The van der Waals surface area contributed by atoms with Gasteiger partial charge in [-0.3, -0.25) is 4.79 Å². The molecule has 4 nitrogen and oxygen atoms in total. The number of carbonyl (C=O) groups excluding carboxylic acids is 1. The van der Waals surface area contributed by atoms with Crippen molar-refractivity contribution in [3.63, 3.8) is 0 Å². The highest BCUT2D eigenvalue weighted by Crippen LogP contribution is 2.68. The Morgan fingerprint density at radius 2 is 2.03 bits per heavy atom. The van der Waals surface area contributed by atoms with E-state index >= 15 is 0 Å². The number of hydrogen-bond acceptors (Lipinski definition) is 5. The van der Waals surface area contributed by atoms with E-state index in [1.165, 1.54) is 44.0 Å². The molecule has 7 atom stereocenters. The van der Waals surface area contributed by atoms with E-state index in [1.807, 2.05) is 13.1 Å². The maximum Gasteiger partial charge on any atom is 0.302 e. The van der Waals surface area contributed by atoms with Crippen LogP contribution in [0.25, 0.3) is 0 Å². The number of aromatic nitrogens is 1. The lowest BCUT2D eigenvalue weighted by molar-refractivity contribution is -0.148. The molecule has 2 unspecified atom stereocenters. The molecular formula is C26H37NO3S. The van der Waals surface area contributed by atoms with Gasteiger partial charge in [-0.25, -0.2) is 4.98 Å². The first kappa shape index (κ1) is 21.5. The summed E-state index contributed by atoms with van der Waals surface area (Å²) in [5, 5.41) is 2.27. The van der Waals surface area contributed by atoms with Crippen molar-refractivity contribution in [3.05, 3.63) is 22.9 Å². The van der Waals surface area contributed by atoms with Crippen LogP contribution in [0.1, 0.15) is 90.0 Å². The molecule has 170 valence electrons. The van der Waals surface area contributed by atoms with Crippen molar-refractivity contribution in [3.8, 4) is 5.06 Å². The quantitative estimate of drug-likeness (QED) is 0.393. The Bertz CT molecular complexity index is 878. The maximum absolute atomic E-state index is 11.5. The number of esters is 1. The molecule has 0 N–H and O–H groups in total. The first-order valence-corrected chi connectivity index (χ1v) is 13.1. The highest BCUT2D eigenvalue weighted by Gasteiger charge is 2.59. The minimum absolute atomic E-state index is 0.0857. The summed E-state index contributed by atoms with van der Waals surface area (Å²) in [6.45, 7) is 9.37. The fourth-order valence-electron chi connectivity index (χ4n) is 8.01. The first-order valence-electron chi connectivity index (χ1n) is 12.3. The van der Waals surface area contributed by atoms with Crippen molar-refractivity contribution in [2.45, 2.75) is 91.1 Å². The van der Waals surface area contributed by atoms with Gasteiger partial charge in [-0.15, -0.1) is 0 Å². The fourth-order valence-corrected chi connectivity index (χ4v) is 9.13. The molecule has 0 aromatic carbocycles. The Morgan fingerprint density at radius 3 is 2.81 bits per heavy atom.